The summed E-state index contributed by atoms with van der Waals surface area (Å²) in [6.07, 6.45) is -4.87. The Bertz CT molecular complexity index is 903. The van der Waals surface area contributed by atoms with Gasteiger partial charge in [0.2, 0.25) is 5.91 Å². The maximum absolute atomic E-state index is 12.8. The molecule has 2 N–H and O–H groups in total. The Morgan fingerprint density at radius 3 is 2.71 bits per heavy atom. The van der Waals surface area contributed by atoms with Crippen LogP contribution in [0.3, 0.4) is 0 Å². The fraction of sp³-hybridized carbons (Fsp3) is 0.125. The Hall–Kier alpha value is -3.03. The predicted molar refractivity (Wildman–Crippen MR) is 79.5 cm³/mol. The number of hydrogen-bond acceptors (Lipinski definition) is 4. The fourth-order valence-electron chi connectivity index (χ4n) is 2.26. The van der Waals surface area contributed by atoms with Crippen molar-refractivity contribution in [3.63, 3.8) is 0 Å². The van der Waals surface area contributed by atoms with Gasteiger partial charge in [-0.1, -0.05) is 17.3 Å². The van der Waals surface area contributed by atoms with E-state index < -0.39 is 23.4 Å². The lowest BCUT2D eigenvalue weighted by atomic mass is 10.1. The number of phenols is 1. The van der Waals surface area contributed by atoms with Crippen LogP contribution in [0.5, 0.6) is 5.75 Å². The number of para-hydroxylation sites is 1. The third kappa shape index (κ3) is 3.17. The molecule has 24 heavy (non-hydrogen) atoms. The molecule has 0 aliphatic heterocycles. The number of nitrogens with zero attached hydrogens (tertiary/aromatic N) is 1. The van der Waals surface area contributed by atoms with Crippen LogP contribution in [0.25, 0.3) is 11.0 Å². The number of fused-ring (bicyclic) bond motifs is 1. The van der Waals surface area contributed by atoms with Gasteiger partial charge in [0.15, 0.2) is 5.58 Å². The minimum absolute atomic E-state index is 0.0714. The van der Waals surface area contributed by atoms with Crippen LogP contribution >= 0.6 is 0 Å². The number of rotatable bonds is 3. The molecule has 1 amide bonds. The zero-order chi connectivity index (χ0) is 17.3. The number of hydrogen-bond donors (Lipinski definition) is 2. The number of halogens is 3. The molecule has 1 aromatic heterocycles. The molecule has 0 unspecified atom stereocenters. The molecular formula is C16H11F3N2O3. The van der Waals surface area contributed by atoms with Gasteiger partial charge in [0.05, 0.1) is 12.0 Å². The quantitative estimate of drug-likeness (QED) is 0.715. The van der Waals surface area contributed by atoms with E-state index in [1.54, 1.807) is 24.3 Å². The Morgan fingerprint density at radius 2 is 1.96 bits per heavy atom. The first-order valence-corrected chi connectivity index (χ1v) is 6.88. The zero-order valence-corrected chi connectivity index (χ0v) is 12.1. The predicted octanol–water partition coefficient (Wildman–Crippen LogP) is 3.73. The third-order valence-corrected chi connectivity index (χ3v) is 3.37. The van der Waals surface area contributed by atoms with Gasteiger partial charge in [0, 0.05) is 11.1 Å². The molecule has 0 saturated heterocycles. The number of aromatic hydroxyl groups is 1. The van der Waals surface area contributed by atoms with E-state index >= 15 is 0 Å². The van der Waals surface area contributed by atoms with Gasteiger partial charge in [-0.15, -0.1) is 0 Å². The van der Waals surface area contributed by atoms with Gasteiger partial charge < -0.3 is 14.9 Å². The molecule has 1 heterocycles. The van der Waals surface area contributed by atoms with Crippen LogP contribution in [-0.2, 0) is 17.4 Å². The Balaban J connectivity index is 1.78. The van der Waals surface area contributed by atoms with Gasteiger partial charge in [-0.2, -0.15) is 13.2 Å². The number of carbonyl (C=O) groups is 1. The first kappa shape index (κ1) is 15.9. The van der Waals surface area contributed by atoms with E-state index in [1.807, 2.05) is 0 Å². The second-order valence-electron chi connectivity index (χ2n) is 5.08. The smallest absolute Gasteiger partial charge is 0.420 e. The van der Waals surface area contributed by atoms with Crippen molar-refractivity contribution in [2.45, 2.75) is 12.6 Å². The summed E-state index contributed by atoms with van der Waals surface area (Å²) < 4.78 is 43.3. The lowest BCUT2D eigenvalue weighted by Crippen LogP contribution is -2.15. The van der Waals surface area contributed by atoms with Gasteiger partial charge in [-0.3, -0.25) is 4.79 Å². The Morgan fingerprint density at radius 1 is 1.21 bits per heavy atom. The molecule has 0 saturated carbocycles. The van der Waals surface area contributed by atoms with E-state index in [0.717, 1.165) is 6.07 Å². The molecule has 0 bridgehead atoms. The average molecular weight is 336 g/mol. The molecule has 124 valence electrons. The zero-order valence-electron chi connectivity index (χ0n) is 12.1. The maximum atomic E-state index is 12.8. The van der Waals surface area contributed by atoms with Crippen LogP contribution in [-0.4, -0.2) is 16.2 Å². The van der Waals surface area contributed by atoms with Gasteiger partial charge in [0.1, 0.15) is 11.4 Å². The summed E-state index contributed by atoms with van der Waals surface area (Å²) >= 11 is 0. The molecule has 0 fully saturated rings. The first-order valence-electron chi connectivity index (χ1n) is 6.88. The van der Waals surface area contributed by atoms with E-state index in [1.165, 1.54) is 6.07 Å². The number of phenolic OH excluding ortho intramolecular Hbond substituents is 1. The highest BCUT2D eigenvalue weighted by Gasteiger charge is 2.34. The van der Waals surface area contributed by atoms with Crippen LogP contribution < -0.4 is 5.32 Å². The van der Waals surface area contributed by atoms with Crippen molar-refractivity contribution in [3.8, 4) is 5.75 Å². The largest absolute Gasteiger partial charge is 0.507 e. The number of aromatic nitrogens is 1. The van der Waals surface area contributed by atoms with Crippen LogP contribution in [0.15, 0.2) is 47.0 Å². The molecule has 0 spiro atoms. The maximum Gasteiger partial charge on any atom is 0.420 e. The van der Waals surface area contributed by atoms with E-state index in [2.05, 4.69) is 10.5 Å². The summed E-state index contributed by atoms with van der Waals surface area (Å²) in [6, 6.07) is 9.68. The van der Waals surface area contributed by atoms with Crippen LogP contribution in [0, 0.1) is 0 Å². The van der Waals surface area contributed by atoms with Crippen molar-refractivity contribution in [2.24, 2.45) is 0 Å². The number of amides is 1. The minimum atomic E-state index is -4.72. The molecule has 0 aliphatic rings. The van der Waals surface area contributed by atoms with Crippen molar-refractivity contribution in [1.29, 1.82) is 0 Å². The third-order valence-electron chi connectivity index (χ3n) is 3.37. The van der Waals surface area contributed by atoms with Crippen molar-refractivity contribution in [1.82, 2.24) is 5.16 Å². The summed E-state index contributed by atoms with van der Waals surface area (Å²) in [7, 11) is 0. The van der Waals surface area contributed by atoms with Gasteiger partial charge in [-0.05, 0) is 30.3 Å². The summed E-state index contributed by atoms with van der Waals surface area (Å²) in [5.74, 6) is -1.45. The summed E-state index contributed by atoms with van der Waals surface area (Å²) in [5, 5.41) is 16.1. The topological polar surface area (TPSA) is 75.4 Å². The standard InChI is InChI=1S/C16H11F3N2O3/c17-16(18,19)11-7-9(5-6-13(11)22)20-15(23)8-12-10-3-1-2-4-14(10)24-21-12/h1-7,22H,8H2,(H,20,23). The molecule has 3 rings (SSSR count). The SMILES string of the molecule is O=C(Cc1noc2ccccc12)Nc1ccc(O)c(C(F)(F)F)c1. The van der Waals surface area contributed by atoms with E-state index in [0.29, 0.717) is 22.7 Å². The second kappa shape index (κ2) is 5.88. The molecule has 0 radical (unpaired) electrons. The van der Waals surface area contributed by atoms with Crippen molar-refractivity contribution >= 4 is 22.6 Å². The number of benzene rings is 2. The molecule has 2 aromatic carbocycles. The number of anilines is 1. The highest BCUT2D eigenvalue weighted by molar-refractivity contribution is 5.94. The van der Waals surface area contributed by atoms with Crippen LogP contribution in [0.4, 0.5) is 18.9 Å². The molecule has 8 heteroatoms. The minimum Gasteiger partial charge on any atom is -0.507 e. The fourth-order valence-corrected chi connectivity index (χ4v) is 2.26. The summed E-state index contributed by atoms with van der Waals surface area (Å²) in [4.78, 5) is 12.0. The van der Waals surface area contributed by atoms with E-state index in [-0.39, 0.29) is 12.1 Å². The monoisotopic (exact) mass is 336 g/mol. The van der Waals surface area contributed by atoms with Gasteiger partial charge >= 0.3 is 6.18 Å². The lowest BCUT2D eigenvalue weighted by molar-refractivity contribution is -0.138. The number of alkyl halides is 3. The van der Waals surface area contributed by atoms with E-state index in [4.69, 9.17) is 4.52 Å². The average Bonchev–Trinajstić information content (AvgIpc) is 2.91. The van der Waals surface area contributed by atoms with E-state index in [9.17, 15) is 23.1 Å². The molecule has 3 aromatic rings. The van der Waals surface area contributed by atoms with Gasteiger partial charge in [0.25, 0.3) is 0 Å². The normalized spacial score (nSPS) is 11.6. The number of carbonyl (C=O) groups excluding carboxylic acids is 1. The molecule has 0 aliphatic carbocycles. The number of nitrogens with one attached hydrogen (secondary N) is 1. The second-order valence-corrected chi connectivity index (χ2v) is 5.08. The lowest BCUT2D eigenvalue weighted by Gasteiger charge is -2.11. The van der Waals surface area contributed by atoms with Crippen molar-refractivity contribution < 1.29 is 27.6 Å². The van der Waals surface area contributed by atoms with Crippen LogP contribution in [0.2, 0.25) is 0 Å². The van der Waals surface area contributed by atoms with Crippen LogP contribution in [0.1, 0.15) is 11.3 Å². The van der Waals surface area contributed by atoms with Crippen molar-refractivity contribution in [3.05, 3.63) is 53.7 Å². The summed E-state index contributed by atoms with van der Waals surface area (Å²) in [6.45, 7) is 0. The molecule has 0 atom stereocenters. The first-order chi connectivity index (χ1) is 11.3. The Kier molecular flexibility index (Phi) is 3.88. The highest BCUT2D eigenvalue weighted by Crippen LogP contribution is 2.37. The van der Waals surface area contributed by atoms with Crippen molar-refractivity contribution in [2.75, 3.05) is 5.32 Å². The molecule has 5 nitrogen and oxygen atoms in total. The summed E-state index contributed by atoms with van der Waals surface area (Å²) in [5.41, 5.74) is -0.382. The Labute approximate surface area is 133 Å². The molecular weight excluding hydrogens is 325 g/mol. The highest BCUT2D eigenvalue weighted by atomic mass is 19.4. The van der Waals surface area contributed by atoms with Gasteiger partial charge in [-0.25, -0.2) is 0 Å².